The Morgan fingerprint density at radius 1 is 0.721 bits per heavy atom. The standard InChI is InChI=1S/C35H48O8/c1-14-33(4,5)20-22(3)42-31(36)23-16-25(29(40-12)27(18-23)38-10)26-17-24(19-28(39-11)30(26)41-13)32(37)43-35(8,9)21-34(6,7)15-2/h14-19,22H,1-2,20-21H2,3-13H3. The van der Waals surface area contributed by atoms with Crippen LogP contribution >= 0.6 is 0 Å². The van der Waals surface area contributed by atoms with Gasteiger partial charge in [0.1, 0.15) is 11.7 Å². The molecule has 0 radical (unpaired) electrons. The Bertz CT molecular complexity index is 1340. The molecule has 1 unspecified atom stereocenters. The molecule has 2 rings (SSSR count). The number of benzene rings is 2. The van der Waals surface area contributed by atoms with E-state index in [2.05, 4.69) is 13.2 Å². The van der Waals surface area contributed by atoms with Gasteiger partial charge in [-0.25, -0.2) is 9.59 Å². The molecule has 8 nitrogen and oxygen atoms in total. The van der Waals surface area contributed by atoms with Crippen molar-refractivity contribution in [1.29, 1.82) is 0 Å². The van der Waals surface area contributed by atoms with E-state index < -0.39 is 17.5 Å². The minimum absolute atomic E-state index is 0.211. The fraction of sp³-hybridized carbons (Fsp3) is 0.486. The first-order chi connectivity index (χ1) is 20.0. The number of hydrogen-bond acceptors (Lipinski definition) is 8. The van der Waals surface area contributed by atoms with E-state index in [1.165, 1.54) is 28.4 Å². The molecule has 0 saturated heterocycles. The van der Waals surface area contributed by atoms with E-state index in [1.807, 2.05) is 60.6 Å². The second-order valence-electron chi connectivity index (χ2n) is 12.7. The minimum atomic E-state index is -0.788. The maximum atomic E-state index is 13.5. The van der Waals surface area contributed by atoms with Crippen LogP contribution in [0.4, 0.5) is 0 Å². The summed E-state index contributed by atoms with van der Waals surface area (Å²) in [6.45, 7) is 21.4. The van der Waals surface area contributed by atoms with Crippen molar-refractivity contribution in [3.8, 4) is 34.1 Å². The molecule has 0 saturated carbocycles. The second kappa shape index (κ2) is 14.0. The summed E-state index contributed by atoms with van der Waals surface area (Å²) < 4.78 is 34.4. The predicted octanol–water partition coefficient (Wildman–Crippen LogP) is 8.07. The van der Waals surface area contributed by atoms with Crippen LogP contribution in [0.25, 0.3) is 11.1 Å². The van der Waals surface area contributed by atoms with Crippen LogP contribution in [0.1, 0.15) is 82.0 Å². The quantitative estimate of drug-likeness (QED) is 0.151. The Balaban J connectivity index is 2.68. The van der Waals surface area contributed by atoms with Gasteiger partial charge in [-0.15, -0.1) is 13.2 Å². The van der Waals surface area contributed by atoms with Gasteiger partial charge in [0, 0.05) is 11.1 Å². The molecule has 0 bridgehead atoms. The summed E-state index contributed by atoms with van der Waals surface area (Å²) in [7, 11) is 5.94. The maximum Gasteiger partial charge on any atom is 0.338 e. The van der Waals surface area contributed by atoms with Gasteiger partial charge in [0.05, 0.1) is 39.6 Å². The van der Waals surface area contributed by atoms with Gasteiger partial charge in [0.2, 0.25) is 0 Å². The van der Waals surface area contributed by atoms with E-state index in [4.69, 9.17) is 28.4 Å². The summed E-state index contributed by atoms with van der Waals surface area (Å²) in [5.74, 6) is 0.171. The molecule has 236 valence electrons. The van der Waals surface area contributed by atoms with E-state index in [0.29, 0.717) is 47.0 Å². The van der Waals surface area contributed by atoms with Crippen LogP contribution in [0.3, 0.4) is 0 Å². The third-order valence-electron chi connectivity index (χ3n) is 7.20. The van der Waals surface area contributed by atoms with Gasteiger partial charge in [0.15, 0.2) is 23.0 Å². The molecule has 0 amide bonds. The van der Waals surface area contributed by atoms with E-state index in [-0.39, 0.29) is 28.1 Å². The second-order valence-corrected chi connectivity index (χ2v) is 12.7. The van der Waals surface area contributed by atoms with Crippen molar-refractivity contribution in [1.82, 2.24) is 0 Å². The van der Waals surface area contributed by atoms with Crippen molar-refractivity contribution in [2.24, 2.45) is 10.8 Å². The van der Waals surface area contributed by atoms with Crippen molar-refractivity contribution in [3.63, 3.8) is 0 Å². The van der Waals surface area contributed by atoms with Crippen LogP contribution < -0.4 is 18.9 Å². The largest absolute Gasteiger partial charge is 0.493 e. The molecule has 1 atom stereocenters. The van der Waals surface area contributed by atoms with E-state index in [0.717, 1.165) is 0 Å². The van der Waals surface area contributed by atoms with Gasteiger partial charge < -0.3 is 28.4 Å². The molecule has 0 aliphatic rings. The van der Waals surface area contributed by atoms with Crippen molar-refractivity contribution >= 4 is 11.9 Å². The van der Waals surface area contributed by atoms with Gasteiger partial charge in [-0.2, -0.15) is 0 Å². The highest BCUT2D eigenvalue weighted by molar-refractivity contribution is 5.97. The Morgan fingerprint density at radius 3 is 1.56 bits per heavy atom. The fourth-order valence-electron chi connectivity index (χ4n) is 5.20. The normalized spacial score (nSPS) is 12.5. The Morgan fingerprint density at radius 2 is 1.16 bits per heavy atom. The zero-order valence-corrected chi connectivity index (χ0v) is 27.6. The number of rotatable bonds is 15. The SMILES string of the molecule is C=CC(C)(C)CC(C)OC(=O)c1cc(OC)c(OC)c(-c2cc(C(=O)OC(C)(C)CC(C)(C)C=C)cc(OC)c2OC)c1. The topological polar surface area (TPSA) is 89.5 Å². The third kappa shape index (κ3) is 9.02. The fourth-order valence-corrected chi connectivity index (χ4v) is 5.20. The van der Waals surface area contributed by atoms with E-state index >= 15 is 0 Å². The first kappa shape index (κ1) is 35.3. The van der Waals surface area contributed by atoms with Crippen LogP contribution in [-0.4, -0.2) is 52.1 Å². The van der Waals surface area contributed by atoms with Crippen molar-refractivity contribution in [2.75, 3.05) is 28.4 Å². The lowest BCUT2D eigenvalue weighted by Gasteiger charge is -2.32. The molecule has 0 aliphatic heterocycles. The van der Waals surface area contributed by atoms with Crippen LogP contribution in [0, 0.1) is 10.8 Å². The predicted molar refractivity (Wildman–Crippen MR) is 170 cm³/mol. The zero-order chi connectivity index (χ0) is 32.8. The highest BCUT2D eigenvalue weighted by Gasteiger charge is 2.32. The number of carbonyl (C=O) groups is 2. The zero-order valence-electron chi connectivity index (χ0n) is 27.6. The van der Waals surface area contributed by atoms with Gasteiger partial charge in [-0.1, -0.05) is 39.8 Å². The van der Waals surface area contributed by atoms with Gasteiger partial charge in [-0.05, 0) is 68.7 Å². The number of ether oxygens (including phenoxy) is 6. The lowest BCUT2D eigenvalue weighted by Crippen LogP contribution is -2.33. The number of esters is 2. The molecule has 0 heterocycles. The number of methoxy groups -OCH3 is 4. The summed E-state index contributed by atoms with van der Waals surface area (Å²) in [6.07, 6.45) is 4.46. The van der Waals surface area contributed by atoms with Crippen LogP contribution in [0.5, 0.6) is 23.0 Å². The summed E-state index contributed by atoms with van der Waals surface area (Å²) in [4.78, 5) is 26.9. The average Bonchev–Trinajstić information content (AvgIpc) is 2.94. The number of hydrogen-bond donors (Lipinski definition) is 0. The van der Waals surface area contributed by atoms with Gasteiger partial charge in [0.25, 0.3) is 0 Å². The molecule has 2 aromatic rings. The molecule has 0 N–H and O–H groups in total. The summed E-state index contributed by atoms with van der Waals surface area (Å²) in [5, 5.41) is 0. The average molecular weight is 597 g/mol. The first-order valence-electron chi connectivity index (χ1n) is 14.2. The molecule has 8 heteroatoms. The number of carbonyl (C=O) groups excluding carboxylic acids is 2. The molecule has 0 spiro atoms. The molecular formula is C35H48O8. The number of allylic oxidation sites excluding steroid dienone is 2. The molecule has 0 aromatic heterocycles. The Kier molecular flexibility index (Phi) is 11.5. The summed E-state index contributed by atoms with van der Waals surface area (Å²) >= 11 is 0. The van der Waals surface area contributed by atoms with Crippen LogP contribution in [0.15, 0.2) is 49.6 Å². The van der Waals surface area contributed by atoms with Crippen LogP contribution in [-0.2, 0) is 9.47 Å². The molecular weight excluding hydrogens is 548 g/mol. The van der Waals surface area contributed by atoms with E-state index in [9.17, 15) is 9.59 Å². The summed E-state index contributed by atoms with van der Waals surface area (Å²) in [5.41, 5.74) is 0.0864. The monoisotopic (exact) mass is 596 g/mol. The minimum Gasteiger partial charge on any atom is -0.493 e. The van der Waals surface area contributed by atoms with Crippen molar-refractivity contribution < 1.29 is 38.0 Å². The highest BCUT2D eigenvalue weighted by Crippen LogP contribution is 2.47. The lowest BCUT2D eigenvalue weighted by molar-refractivity contribution is -0.0151. The third-order valence-corrected chi connectivity index (χ3v) is 7.20. The molecule has 0 aliphatic carbocycles. The Hall–Kier alpha value is -3.94. The maximum absolute atomic E-state index is 13.5. The van der Waals surface area contributed by atoms with Gasteiger partial charge in [-0.3, -0.25) is 0 Å². The lowest BCUT2D eigenvalue weighted by atomic mass is 9.82. The summed E-state index contributed by atoms with van der Waals surface area (Å²) in [6, 6.07) is 6.37. The molecule has 2 aromatic carbocycles. The first-order valence-corrected chi connectivity index (χ1v) is 14.2. The van der Waals surface area contributed by atoms with Crippen molar-refractivity contribution in [3.05, 3.63) is 60.7 Å². The smallest absolute Gasteiger partial charge is 0.338 e. The highest BCUT2D eigenvalue weighted by atomic mass is 16.6. The Labute approximate surface area is 257 Å². The van der Waals surface area contributed by atoms with E-state index in [1.54, 1.807) is 24.3 Å². The molecule has 43 heavy (non-hydrogen) atoms. The van der Waals surface area contributed by atoms with Crippen LogP contribution in [0.2, 0.25) is 0 Å². The van der Waals surface area contributed by atoms with Crippen molar-refractivity contribution in [2.45, 2.75) is 73.0 Å². The van der Waals surface area contributed by atoms with Gasteiger partial charge >= 0.3 is 11.9 Å². The molecule has 0 fully saturated rings.